The molecule has 0 amide bonds. The third kappa shape index (κ3) is 6.60. The Morgan fingerprint density at radius 1 is 1.03 bits per heavy atom. The summed E-state index contributed by atoms with van der Waals surface area (Å²) < 4.78 is 14.2. The third-order valence-electron chi connectivity index (χ3n) is 5.26. The molecule has 3 aromatic rings. The van der Waals surface area contributed by atoms with Gasteiger partial charge in [0.1, 0.15) is 36.9 Å². The second kappa shape index (κ2) is 11.4. The second-order valence-electron chi connectivity index (χ2n) is 8.14. The Morgan fingerprint density at radius 2 is 1.72 bits per heavy atom. The van der Waals surface area contributed by atoms with Gasteiger partial charge < -0.3 is 24.3 Å². The molecule has 1 heterocycles. The van der Waals surface area contributed by atoms with E-state index in [4.69, 9.17) is 21.1 Å². The van der Waals surface area contributed by atoms with Gasteiger partial charge in [-0.2, -0.15) is 0 Å². The van der Waals surface area contributed by atoms with Crippen LogP contribution in [0.1, 0.15) is 25.0 Å². The lowest BCUT2D eigenvalue weighted by Gasteiger charge is -2.27. The van der Waals surface area contributed by atoms with Crippen molar-refractivity contribution in [3.8, 4) is 11.5 Å². The number of ether oxygens (including phenoxy) is 2. The van der Waals surface area contributed by atoms with Crippen LogP contribution in [0.3, 0.4) is 0 Å². The van der Waals surface area contributed by atoms with Gasteiger partial charge in [-0.3, -0.25) is 0 Å². The van der Waals surface area contributed by atoms with Gasteiger partial charge in [0.2, 0.25) is 0 Å². The van der Waals surface area contributed by atoms with Crippen LogP contribution in [0.5, 0.6) is 11.5 Å². The predicted octanol–water partition coefficient (Wildman–Crippen LogP) is 4.23. The lowest BCUT2D eigenvalue weighted by Crippen LogP contribution is -2.23. The van der Waals surface area contributed by atoms with E-state index >= 15 is 0 Å². The second-order valence-corrected chi connectivity index (χ2v) is 9.61. The summed E-state index contributed by atoms with van der Waals surface area (Å²) in [6.45, 7) is 5.15. The van der Waals surface area contributed by atoms with Gasteiger partial charge in [0.15, 0.2) is 0 Å². The smallest absolute Gasteiger partial charge is 0.132 e. The van der Waals surface area contributed by atoms with E-state index < -0.39 is 12.2 Å². The number of hydrogen-bond donors (Lipinski definition) is 2. The van der Waals surface area contributed by atoms with Crippen LogP contribution >= 0.6 is 34.2 Å². The van der Waals surface area contributed by atoms with Crippen molar-refractivity contribution in [3.05, 3.63) is 75.9 Å². The van der Waals surface area contributed by atoms with Gasteiger partial charge in [-0.1, -0.05) is 32.0 Å². The van der Waals surface area contributed by atoms with E-state index in [2.05, 4.69) is 47.5 Å². The fraction of sp³-hybridized carbons (Fsp3) is 0.375. The summed E-state index contributed by atoms with van der Waals surface area (Å²) in [5, 5.41) is 19.7. The van der Waals surface area contributed by atoms with Crippen molar-refractivity contribution in [2.75, 3.05) is 19.1 Å². The van der Waals surface area contributed by atoms with E-state index in [0.717, 1.165) is 20.4 Å². The van der Waals surface area contributed by atoms with Gasteiger partial charge in [-0.05, 0) is 58.0 Å². The first-order valence-electron chi connectivity index (χ1n) is 10.3. The number of aromatic nitrogens is 2. The molecule has 172 valence electrons. The van der Waals surface area contributed by atoms with E-state index in [1.807, 2.05) is 47.2 Å². The maximum atomic E-state index is 10.1. The van der Waals surface area contributed by atoms with Gasteiger partial charge in [-0.15, -0.1) is 11.6 Å². The Bertz CT molecular complexity index is 980. The highest BCUT2D eigenvalue weighted by molar-refractivity contribution is 14.1. The van der Waals surface area contributed by atoms with Crippen molar-refractivity contribution in [1.82, 2.24) is 9.55 Å². The Morgan fingerprint density at radius 3 is 2.34 bits per heavy atom. The summed E-state index contributed by atoms with van der Waals surface area (Å²) in [6.07, 6.45) is 3.86. The molecule has 6 nitrogen and oxygen atoms in total. The number of alkyl halides is 1. The molecule has 2 N–H and O–H groups in total. The number of benzene rings is 2. The van der Waals surface area contributed by atoms with E-state index in [-0.39, 0.29) is 24.5 Å². The first-order chi connectivity index (χ1) is 15.3. The molecule has 0 radical (unpaired) electrons. The standard InChI is InChI=1S/C24H28ClIN2O4/c1-24(2,18-5-8-23(22(26)11-18)32-14-19(29)12-25)17-3-6-21(7-4-17)31-15-20(30)13-28-10-9-27-16-28/h3-11,16,19-20,29-30H,12-15H2,1-2H3/t19-,20-/m0/s1. The molecule has 32 heavy (non-hydrogen) atoms. The number of halogens is 2. The normalized spacial score (nSPS) is 13.6. The topological polar surface area (TPSA) is 76.7 Å². The zero-order chi connectivity index (χ0) is 23.1. The lowest BCUT2D eigenvalue weighted by atomic mass is 9.78. The molecule has 0 saturated carbocycles. The number of rotatable bonds is 11. The summed E-state index contributed by atoms with van der Waals surface area (Å²) in [7, 11) is 0. The molecule has 0 bridgehead atoms. The number of aliphatic hydroxyl groups is 2. The highest BCUT2D eigenvalue weighted by Gasteiger charge is 2.24. The average molecular weight is 571 g/mol. The van der Waals surface area contributed by atoms with Crippen LogP contribution in [-0.4, -0.2) is 51.1 Å². The first-order valence-corrected chi connectivity index (χ1v) is 11.9. The molecular formula is C24H28ClIN2O4. The van der Waals surface area contributed by atoms with E-state index in [1.54, 1.807) is 12.5 Å². The summed E-state index contributed by atoms with van der Waals surface area (Å²) in [6, 6.07) is 14.0. The number of imidazole rings is 1. The summed E-state index contributed by atoms with van der Waals surface area (Å²) >= 11 is 7.87. The van der Waals surface area contributed by atoms with Gasteiger partial charge in [0.25, 0.3) is 0 Å². The van der Waals surface area contributed by atoms with Crippen LogP contribution in [0.25, 0.3) is 0 Å². The van der Waals surface area contributed by atoms with Crippen molar-refractivity contribution < 1.29 is 19.7 Å². The lowest BCUT2D eigenvalue weighted by molar-refractivity contribution is 0.0924. The number of nitrogens with zero attached hydrogens (tertiary/aromatic N) is 2. The van der Waals surface area contributed by atoms with Crippen molar-refractivity contribution >= 4 is 34.2 Å². The Hall–Kier alpha value is -1.81. The predicted molar refractivity (Wildman–Crippen MR) is 134 cm³/mol. The summed E-state index contributed by atoms with van der Waals surface area (Å²) in [5.41, 5.74) is 2.07. The SMILES string of the molecule is CC(C)(c1ccc(OC[C@@H](O)Cn2ccnc2)cc1)c1ccc(OC[C@@H](O)CCl)c(I)c1. The van der Waals surface area contributed by atoms with Crippen molar-refractivity contribution in [1.29, 1.82) is 0 Å². The minimum atomic E-state index is -0.684. The third-order valence-corrected chi connectivity index (χ3v) is 6.46. The molecule has 2 aromatic carbocycles. The molecule has 3 rings (SSSR count). The highest BCUT2D eigenvalue weighted by Crippen LogP contribution is 2.35. The van der Waals surface area contributed by atoms with Gasteiger partial charge in [-0.25, -0.2) is 4.98 Å². The molecule has 0 saturated heterocycles. The molecule has 0 fully saturated rings. The largest absolute Gasteiger partial charge is 0.491 e. The average Bonchev–Trinajstić information content (AvgIpc) is 3.29. The minimum Gasteiger partial charge on any atom is -0.491 e. The van der Waals surface area contributed by atoms with E-state index in [9.17, 15) is 10.2 Å². The number of aliphatic hydroxyl groups excluding tert-OH is 2. The summed E-state index contributed by atoms with van der Waals surface area (Å²) in [5.74, 6) is 1.59. The fourth-order valence-corrected chi connectivity index (χ4v) is 4.01. The zero-order valence-electron chi connectivity index (χ0n) is 18.1. The molecule has 0 aliphatic carbocycles. The maximum Gasteiger partial charge on any atom is 0.132 e. The molecule has 2 atom stereocenters. The monoisotopic (exact) mass is 570 g/mol. The Kier molecular flexibility index (Phi) is 8.81. The van der Waals surface area contributed by atoms with Gasteiger partial charge in [0.05, 0.1) is 22.3 Å². The van der Waals surface area contributed by atoms with Crippen LogP contribution in [0, 0.1) is 3.57 Å². The molecule has 0 unspecified atom stereocenters. The Labute approximate surface area is 207 Å². The molecular weight excluding hydrogens is 543 g/mol. The van der Waals surface area contributed by atoms with Crippen molar-refractivity contribution in [2.45, 2.75) is 38.0 Å². The van der Waals surface area contributed by atoms with Gasteiger partial charge in [0, 0.05) is 17.8 Å². The van der Waals surface area contributed by atoms with Crippen LogP contribution in [0.15, 0.2) is 61.2 Å². The van der Waals surface area contributed by atoms with Crippen LogP contribution in [-0.2, 0) is 12.0 Å². The molecule has 1 aromatic heterocycles. The fourth-order valence-electron chi connectivity index (χ4n) is 3.25. The quantitative estimate of drug-likeness (QED) is 0.267. The van der Waals surface area contributed by atoms with Crippen LogP contribution in [0.4, 0.5) is 0 Å². The minimum absolute atomic E-state index is 0.144. The van der Waals surface area contributed by atoms with E-state index in [1.165, 1.54) is 0 Å². The summed E-state index contributed by atoms with van der Waals surface area (Å²) in [4.78, 5) is 3.97. The zero-order valence-corrected chi connectivity index (χ0v) is 21.0. The first kappa shape index (κ1) is 24.8. The molecule has 0 spiro atoms. The van der Waals surface area contributed by atoms with Crippen molar-refractivity contribution in [2.24, 2.45) is 0 Å². The Balaban J connectivity index is 1.62. The van der Waals surface area contributed by atoms with E-state index in [0.29, 0.717) is 12.3 Å². The van der Waals surface area contributed by atoms with Crippen LogP contribution in [0.2, 0.25) is 0 Å². The number of hydrogen-bond acceptors (Lipinski definition) is 5. The molecule has 0 aliphatic heterocycles. The highest BCUT2D eigenvalue weighted by atomic mass is 127. The van der Waals surface area contributed by atoms with Crippen molar-refractivity contribution in [3.63, 3.8) is 0 Å². The van der Waals surface area contributed by atoms with Gasteiger partial charge >= 0.3 is 0 Å². The maximum absolute atomic E-state index is 10.1. The molecule has 0 aliphatic rings. The molecule has 8 heteroatoms. The van der Waals surface area contributed by atoms with Crippen LogP contribution < -0.4 is 9.47 Å².